The molecule has 4 rings (SSSR count). The first-order chi connectivity index (χ1) is 15.9. The fraction of sp³-hybridized carbons (Fsp3) is 0.250. The van der Waals surface area contributed by atoms with Gasteiger partial charge in [-0.2, -0.15) is 9.50 Å². The van der Waals surface area contributed by atoms with E-state index in [9.17, 15) is 9.59 Å². The molecule has 0 spiro atoms. The van der Waals surface area contributed by atoms with Crippen LogP contribution < -0.4 is 20.3 Å². The number of para-hydroxylation sites is 1. The van der Waals surface area contributed by atoms with Crippen molar-refractivity contribution in [3.05, 3.63) is 82.5 Å². The van der Waals surface area contributed by atoms with Gasteiger partial charge in [0, 0.05) is 23.9 Å². The molecule has 0 radical (unpaired) electrons. The first-order valence-corrected chi connectivity index (χ1v) is 10.6. The summed E-state index contributed by atoms with van der Waals surface area (Å²) in [6, 6.07) is 16.0. The summed E-state index contributed by atoms with van der Waals surface area (Å²) >= 11 is 0. The van der Waals surface area contributed by atoms with Crippen molar-refractivity contribution in [2.75, 3.05) is 11.9 Å². The van der Waals surface area contributed by atoms with E-state index in [2.05, 4.69) is 15.3 Å². The highest BCUT2D eigenvalue weighted by molar-refractivity contribution is 5.92. The number of nitrogens with one attached hydrogen (secondary N) is 1. The maximum Gasteiger partial charge on any atom is 0.274 e. The van der Waals surface area contributed by atoms with E-state index in [1.54, 1.807) is 35.3 Å². The predicted octanol–water partition coefficient (Wildman–Crippen LogP) is 3.38. The van der Waals surface area contributed by atoms with E-state index < -0.39 is 0 Å². The second-order valence-corrected chi connectivity index (χ2v) is 7.83. The van der Waals surface area contributed by atoms with Crippen molar-refractivity contribution in [1.82, 2.24) is 19.2 Å². The van der Waals surface area contributed by atoms with Crippen molar-refractivity contribution in [2.24, 2.45) is 0 Å². The number of hydrogen-bond donors (Lipinski definition) is 1. The summed E-state index contributed by atoms with van der Waals surface area (Å²) in [6.45, 7) is 5.84. The number of fused-ring (bicyclic) bond motifs is 1. The van der Waals surface area contributed by atoms with Gasteiger partial charge in [-0.15, -0.1) is 0 Å². The zero-order chi connectivity index (χ0) is 23.4. The van der Waals surface area contributed by atoms with Gasteiger partial charge in [-0.05, 0) is 44.5 Å². The molecule has 1 N–H and O–H groups in total. The van der Waals surface area contributed by atoms with Crippen molar-refractivity contribution in [3.63, 3.8) is 0 Å². The van der Waals surface area contributed by atoms with Crippen LogP contribution >= 0.6 is 0 Å². The average Bonchev–Trinajstić information content (AvgIpc) is 3.22. The minimum atomic E-state index is -0.281. The fourth-order valence-electron chi connectivity index (χ4n) is 3.29. The first-order valence-electron chi connectivity index (χ1n) is 10.6. The summed E-state index contributed by atoms with van der Waals surface area (Å²) < 4.78 is 14.5. The van der Waals surface area contributed by atoms with Gasteiger partial charge in [0.25, 0.3) is 17.2 Å². The molecule has 2 aromatic heterocycles. The van der Waals surface area contributed by atoms with Crippen LogP contribution in [0.2, 0.25) is 0 Å². The molecule has 9 heteroatoms. The number of amides is 1. The van der Waals surface area contributed by atoms with Crippen LogP contribution in [0, 0.1) is 6.92 Å². The van der Waals surface area contributed by atoms with Gasteiger partial charge in [-0.1, -0.05) is 24.3 Å². The lowest BCUT2D eigenvalue weighted by atomic mass is 10.2. The average molecular weight is 447 g/mol. The minimum absolute atomic E-state index is 0.0802. The number of hydrogen-bond acceptors (Lipinski definition) is 6. The molecule has 0 bridgehead atoms. The predicted molar refractivity (Wildman–Crippen MR) is 124 cm³/mol. The van der Waals surface area contributed by atoms with E-state index in [1.807, 2.05) is 45.0 Å². The van der Waals surface area contributed by atoms with Crippen molar-refractivity contribution in [3.8, 4) is 11.5 Å². The van der Waals surface area contributed by atoms with Gasteiger partial charge in [0.2, 0.25) is 0 Å². The molecule has 4 aromatic rings. The van der Waals surface area contributed by atoms with Gasteiger partial charge in [0.15, 0.2) is 6.61 Å². The summed E-state index contributed by atoms with van der Waals surface area (Å²) in [4.78, 5) is 33.4. The number of anilines is 1. The zero-order valence-electron chi connectivity index (χ0n) is 18.7. The van der Waals surface area contributed by atoms with E-state index in [4.69, 9.17) is 9.47 Å². The van der Waals surface area contributed by atoms with Crippen molar-refractivity contribution >= 4 is 17.4 Å². The maximum atomic E-state index is 12.5. The highest BCUT2D eigenvalue weighted by Crippen LogP contribution is 2.19. The largest absolute Gasteiger partial charge is 0.487 e. The Balaban J connectivity index is 1.38. The molecule has 0 aliphatic rings. The van der Waals surface area contributed by atoms with E-state index in [0.29, 0.717) is 28.7 Å². The van der Waals surface area contributed by atoms with Crippen LogP contribution in [0.3, 0.4) is 0 Å². The molecule has 0 unspecified atom stereocenters. The Hall–Kier alpha value is -4.14. The Morgan fingerprint density at radius 1 is 1.09 bits per heavy atom. The molecule has 9 nitrogen and oxygen atoms in total. The second-order valence-electron chi connectivity index (χ2n) is 7.83. The third kappa shape index (κ3) is 5.20. The van der Waals surface area contributed by atoms with Crippen LogP contribution in [0.25, 0.3) is 5.78 Å². The number of carbonyl (C=O) groups excluding carboxylic acids is 1. The third-order valence-corrected chi connectivity index (χ3v) is 4.94. The van der Waals surface area contributed by atoms with Crippen molar-refractivity contribution < 1.29 is 14.3 Å². The Morgan fingerprint density at radius 3 is 2.70 bits per heavy atom. The molecule has 170 valence electrons. The summed E-state index contributed by atoms with van der Waals surface area (Å²) in [6.07, 6.45) is 1.59. The van der Waals surface area contributed by atoms with Gasteiger partial charge in [0.1, 0.15) is 24.4 Å². The van der Waals surface area contributed by atoms with Crippen LogP contribution in [0.5, 0.6) is 11.5 Å². The van der Waals surface area contributed by atoms with Gasteiger partial charge < -0.3 is 14.8 Å². The van der Waals surface area contributed by atoms with Gasteiger partial charge in [0.05, 0.1) is 5.69 Å². The third-order valence-electron chi connectivity index (χ3n) is 4.94. The molecule has 0 fully saturated rings. The van der Waals surface area contributed by atoms with E-state index in [0.717, 1.165) is 5.56 Å². The second kappa shape index (κ2) is 9.56. The normalized spacial score (nSPS) is 11.0. The summed E-state index contributed by atoms with van der Waals surface area (Å²) in [5.74, 6) is 1.24. The van der Waals surface area contributed by atoms with Gasteiger partial charge >= 0.3 is 0 Å². The maximum absolute atomic E-state index is 12.5. The monoisotopic (exact) mass is 447 g/mol. The van der Waals surface area contributed by atoms with Gasteiger partial charge in [-0.3, -0.25) is 14.3 Å². The summed E-state index contributed by atoms with van der Waals surface area (Å²) in [5, 5.41) is 2.79. The molecule has 2 aromatic carbocycles. The minimum Gasteiger partial charge on any atom is -0.487 e. The number of carbonyl (C=O) groups is 1. The SMILES string of the molecule is Cc1ccccc1OCC(=O)Nc1cccc(OCc2cc(=O)n3c(ncn3C(C)C)n2)c1. The van der Waals surface area contributed by atoms with Crippen LogP contribution in [0.15, 0.2) is 65.7 Å². The number of ether oxygens (including phenoxy) is 2. The summed E-state index contributed by atoms with van der Waals surface area (Å²) in [5.41, 5.74) is 1.78. The smallest absolute Gasteiger partial charge is 0.274 e. The molecule has 0 saturated heterocycles. The van der Waals surface area contributed by atoms with E-state index in [1.165, 1.54) is 10.6 Å². The van der Waals surface area contributed by atoms with Crippen LogP contribution in [0.1, 0.15) is 31.1 Å². The molecule has 0 atom stereocenters. The molecule has 33 heavy (non-hydrogen) atoms. The zero-order valence-corrected chi connectivity index (χ0v) is 18.7. The Morgan fingerprint density at radius 2 is 1.91 bits per heavy atom. The number of nitrogens with zero attached hydrogens (tertiary/aromatic N) is 4. The molecular weight excluding hydrogens is 422 g/mol. The lowest BCUT2D eigenvalue weighted by Gasteiger charge is -2.11. The van der Waals surface area contributed by atoms with Crippen LogP contribution in [-0.4, -0.2) is 31.7 Å². The fourth-order valence-corrected chi connectivity index (χ4v) is 3.29. The van der Waals surface area contributed by atoms with Crippen LogP contribution in [0.4, 0.5) is 5.69 Å². The highest BCUT2D eigenvalue weighted by Gasteiger charge is 2.11. The first kappa shape index (κ1) is 22.1. The summed E-state index contributed by atoms with van der Waals surface area (Å²) in [7, 11) is 0. The van der Waals surface area contributed by atoms with Gasteiger partial charge in [-0.25, -0.2) is 4.98 Å². The molecule has 1 amide bonds. The van der Waals surface area contributed by atoms with Crippen molar-refractivity contribution in [2.45, 2.75) is 33.4 Å². The Bertz CT molecular complexity index is 1340. The quantitative estimate of drug-likeness (QED) is 0.445. The number of aryl methyl sites for hydroxylation is 1. The molecule has 0 aliphatic heterocycles. The van der Waals surface area contributed by atoms with E-state index in [-0.39, 0.29) is 30.7 Å². The van der Waals surface area contributed by atoms with Crippen molar-refractivity contribution in [1.29, 1.82) is 0 Å². The molecular formula is C24H25N5O4. The lowest BCUT2D eigenvalue weighted by Crippen LogP contribution is -2.23. The number of benzene rings is 2. The molecule has 0 aliphatic carbocycles. The number of rotatable bonds is 8. The highest BCUT2D eigenvalue weighted by atomic mass is 16.5. The van der Waals surface area contributed by atoms with Crippen LogP contribution in [-0.2, 0) is 11.4 Å². The Kier molecular flexibility index (Phi) is 6.39. The number of aromatic nitrogens is 4. The standard InChI is InChI=1S/C24H25N5O4/c1-16(2)28-15-25-24-27-19(12-23(31)29(24)28)13-32-20-9-6-8-18(11-20)26-22(30)14-33-21-10-5-4-7-17(21)3/h4-12,15-16H,13-14H2,1-3H3,(H,26,30). The molecule has 0 saturated carbocycles. The lowest BCUT2D eigenvalue weighted by molar-refractivity contribution is -0.118. The molecule has 2 heterocycles. The van der Waals surface area contributed by atoms with E-state index >= 15 is 0 Å². The Labute approximate surface area is 190 Å². The topological polar surface area (TPSA) is 99.7 Å².